The number of nitrogens with zero attached hydrogens (tertiary/aromatic N) is 2. The number of primary amides is 1. The lowest BCUT2D eigenvalue weighted by Crippen LogP contribution is -2.21. The Kier molecular flexibility index (Phi) is 7.59. The predicted molar refractivity (Wildman–Crippen MR) is 110 cm³/mol. The number of benzene rings is 1. The van der Waals surface area contributed by atoms with E-state index in [0.29, 0.717) is 12.1 Å². The fourth-order valence-electron chi connectivity index (χ4n) is 2.91. The summed E-state index contributed by atoms with van der Waals surface area (Å²) in [7, 11) is 0.807. The van der Waals surface area contributed by atoms with Crippen LogP contribution in [0.1, 0.15) is 26.5 Å². The zero-order valence-electron chi connectivity index (χ0n) is 18.5. The molecule has 17 heteroatoms. The van der Waals surface area contributed by atoms with Gasteiger partial charge in [0, 0.05) is 11.9 Å². The molecule has 0 unspecified atom stereocenters. The highest BCUT2D eigenvalue weighted by molar-refractivity contribution is 6.07. The molecule has 0 saturated heterocycles. The van der Waals surface area contributed by atoms with E-state index in [9.17, 15) is 44.7 Å². The van der Waals surface area contributed by atoms with E-state index < -0.39 is 70.2 Å². The van der Waals surface area contributed by atoms with Gasteiger partial charge in [-0.2, -0.15) is 17.6 Å². The number of nitrogens with one attached hydrogen (secondary N) is 1. The number of nitrogens with two attached hydrogens (primary N) is 1. The van der Waals surface area contributed by atoms with Crippen LogP contribution in [0.2, 0.25) is 0 Å². The summed E-state index contributed by atoms with van der Waals surface area (Å²) in [6.07, 6.45) is -9.37. The Labute approximate surface area is 206 Å². The molecule has 202 valence electrons. The Morgan fingerprint density at radius 1 is 0.947 bits per heavy atom. The largest absolute Gasteiger partial charge is 0.573 e. The van der Waals surface area contributed by atoms with Crippen molar-refractivity contribution in [1.82, 2.24) is 9.97 Å². The topological polar surface area (TPSA) is 126 Å². The minimum absolute atomic E-state index is 0.244. The summed E-state index contributed by atoms with van der Waals surface area (Å²) in [5.41, 5.74) is 0.968. The number of methoxy groups -OCH3 is 1. The van der Waals surface area contributed by atoms with Crippen LogP contribution in [0.5, 0.6) is 23.0 Å². The van der Waals surface area contributed by atoms with Crippen LogP contribution in [0.3, 0.4) is 0 Å². The number of rotatable bonds is 7. The summed E-state index contributed by atoms with van der Waals surface area (Å²) in [5.74, 6) is -10.7. The van der Waals surface area contributed by atoms with Gasteiger partial charge < -0.3 is 25.3 Å². The molecule has 0 spiro atoms. The number of anilines is 1. The van der Waals surface area contributed by atoms with Crippen molar-refractivity contribution in [2.75, 3.05) is 12.4 Å². The average molecular weight is 552 g/mol. The summed E-state index contributed by atoms with van der Waals surface area (Å²) >= 11 is 0. The molecule has 3 N–H and O–H groups in total. The highest BCUT2D eigenvalue weighted by atomic mass is 19.4. The van der Waals surface area contributed by atoms with Crippen molar-refractivity contribution in [3.8, 4) is 23.0 Å². The Balaban J connectivity index is 2.09. The number of pyridine rings is 2. The number of ether oxygens (including phenoxy) is 3. The molecule has 0 saturated carbocycles. The third-order valence-electron chi connectivity index (χ3n) is 4.43. The molecule has 0 bridgehead atoms. The lowest BCUT2D eigenvalue weighted by Gasteiger charge is -2.18. The molecule has 3 rings (SSSR count). The van der Waals surface area contributed by atoms with Gasteiger partial charge in [0.1, 0.15) is 11.3 Å². The van der Waals surface area contributed by atoms with Gasteiger partial charge in [0.05, 0.1) is 13.3 Å². The molecule has 2 aromatic heterocycles. The molecule has 38 heavy (non-hydrogen) atoms. The van der Waals surface area contributed by atoms with Crippen LogP contribution < -0.4 is 25.3 Å². The van der Waals surface area contributed by atoms with Crippen LogP contribution in [0, 0.1) is 11.6 Å². The summed E-state index contributed by atoms with van der Waals surface area (Å²) in [5, 5.41) is 2.02. The van der Waals surface area contributed by atoms with Crippen LogP contribution in [-0.4, -0.2) is 35.3 Å². The van der Waals surface area contributed by atoms with Gasteiger partial charge in [0.25, 0.3) is 11.8 Å². The molecule has 0 aliphatic heterocycles. The third kappa shape index (κ3) is 6.16. The zero-order chi connectivity index (χ0) is 28.4. The zero-order valence-corrected chi connectivity index (χ0v) is 18.5. The number of carbonyl (C=O) groups is 2. The summed E-state index contributed by atoms with van der Waals surface area (Å²) in [6, 6.07) is 3.12. The van der Waals surface area contributed by atoms with Crippen molar-refractivity contribution >= 4 is 17.5 Å². The maximum Gasteiger partial charge on any atom is 0.573 e. The Morgan fingerprint density at radius 2 is 1.61 bits per heavy atom. The standard InChI is InChI=1S/C21H12F8N4O5/c1-36-16-11(3-2-10(14(16)22)38-21(27,28)29)37-12-7-32-17(20(24,25)26)15(23)13(12)19(35)33-8-4-5-31-9(6-8)18(30)34/h2-7H,1H3,(H2,30,34)(H,31,33,35). The lowest BCUT2D eigenvalue weighted by molar-refractivity contribution is -0.275. The van der Waals surface area contributed by atoms with Gasteiger partial charge in [0.15, 0.2) is 28.8 Å². The van der Waals surface area contributed by atoms with E-state index in [1.54, 1.807) is 0 Å². The molecular weight excluding hydrogens is 540 g/mol. The van der Waals surface area contributed by atoms with E-state index in [4.69, 9.17) is 10.5 Å². The van der Waals surface area contributed by atoms with Crippen molar-refractivity contribution in [2.45, 2.75) is 12.5 Å². The Bertz CT molecular complexity index is 1400. The Hall–Kier alpha value is -4.70. The molecule has 0 fully saturated rings. The van der Waals surface area contributed by atoms with E-state index in [2.05, 4.69) is 19.4 Å². The van der Waals surface area contributed by atoms with Crippen LogP contribution in [-0.2, 0) is 6.18 Å². The average Bonchev–Trinajstić information content (AvgIpc) is 2.79. The SMILES string of the molecule is COc1c(Oc2cnc(C(F)(F)F)c(F)c2C(=O)Nc2ccnc(C(N)=O)c2)ccc(OC(F)(F)F)c1F. The molecule has 0 aliphatic carbocycles. The minimum atomic E-state index is -5.37. The number of carbonyl (C=O) groups excluding carboxylic acids is 2. The second-order valence-corrected chi connectivity index (χ2v) is 6.96. The smallest absolute Gasteiger partial charge is 0.490 e. The maximum atomic E-state index is 14.9. The van der Waals surface area contributed by atoms with Crippen molar-refractivity contribution in [3.63, 3.8) is 0 Å². The Morgan fingerprint density at radius 3 is 2.18 bits per heavy atom. The molecule has 9 nitrogen and oxygen atoms in total. The number of alkyl halides is 6. The maximum absolute atomic E-state index is 14.9. The molecule has 0 radical (unpaired) electrons. The first-order valence-corrected chi connectivity index (χ1v) is 9.75. The van der Waals surface area contributed by atoms with Crippen molar-refractivity contribution in [1.29, 1.82) is 0 Å². The van der Waals surface area contributed by atoms with E-state index in [1.807, 2.05) is 5.32 Å². The van der Waals surface area contributed by atoms with Gasteiger partial charge >= 0.3 is 12.5 Å². The van der Waals surface area contributed by atoms with Crippen molar-refractivity contribution < 1.29 is 58.9 Å². The number of halogens is 8. The highest BCUT2D eigenvalue weighted by Gasteiger charge is 2.40. The summed E-state index contributed by atoms with van der Waals surface area (Å²) < 4.78 is 120. The number of hydrogen-bond acceptors (Lipinski definition) is 7. The van der Waals surface area contributed by atoms with Gasteiger partial charge in [-0.15, -0.1) is 13.2 Å². The molecule has 3 aromatic rings. The quantitative estimate of drug-likeness (QED) is 0.403. The normalized spacial score (nSPS) is 11.6. The fraction of sp³-hybridized carbons (Fsp3) is 0.143. The van der Waals surface area contributed by atoms with E-state index in [-0.39, 0.29) is 17.6 Å². The van der Waals surface area contributed by atoms with Crippen molar-refractivity contribution in [2.24, 2.45) is 5.73 Å². The highest BCUT2D eigenvalue weighted by Crippen LogP contribution is 2.42. The molecule has 0 atom stereocenters. The first-order valence-electron chi connectivity index (χ1n) is 9.75. The second kappa shape index (κ2) is 10.3. The van der Waals surface area contributed by atoms with Gasteiger partial charge in [0.2, 0.25) is 11.6 Å². The molecule has 1 aromatic carbocycles. The van der Waals surface area contributed by atoms with Gasteiger partial charge in [-0.3, -0.25) is 14.6 Å². The summed E-state index contributed by atoms with van der Waals surface area (Å²) in [6.45, 7) is 0. The van der Waals surface area contributed by atoms with E-state index in [1.165, 1.54) is 0 Å². The van der Waals surface area contributed by atoms with Gasteiger partial charge in [-0.05, 0) is 24.3 Å². The summed E-state index contributed by atoms with van der Waals surface area (Å²) in [4.78, 5) is 30.6. The first kappa shape index (κ1) is 27.9. The predicted octanol–water partition coefficient (Wildman–Crippen LogP) is 4.82. The van der Waals surface area contributed by atoms with Crippen LogP contribution in [0.4, 0.5) is 40.8 Å². The first-order chi connectivity index (χ1) is 17.6. The number of aromatic nitrogens is 2. The number of amides is 2. The minimum Gasteiger partial charge on any atom is -0.490 e. The van der Waals surface area contributed by atoms with Gasteiger partial charge in [-0.1, -0.05) is 0 Å². The van der Waals surface area contributed by atoms with Gasteiger partial charge in [-0.25, -0.2) is 9.37 Å². The molecule has 2 heterocycles. The third-order valence-corrected chi connectivity index (χ3v) is 4.43. The van der Waals surface area contributed by atoms with Crippen LogP contribution >= 0.6 is 0 Å². The van der Waals surface area contributed by atoms with Crippen LogP contribution in [0.15, 0.2) is 36.7 Å². The fourth-order valence-corrected chi connectivity index (χ4v) is 2.91. The van der Waals surface area contributed by atoms with E-state index in [0.717, 1.165) is 25.4 Å². The lowest BCUT2D eigenvalue weighted by atomic mass is 10.1. The second-order valence-electron chi connectivity index (χ2n) is 6.96. The monoisotopic (exact) mass is 552 g/mol. The van der Waals surface area contributed by atoms with E-state index >= 15 is 0 Å². The van der Waals surface area contributed by atoms with Crippen molar-refractivity contribution in [3.05, 3.63) is 65.2 Å². The molecule has 2 amide bonds. The van der Waals surface area contributed by atoms with Crippen LogP contribution in [0.25, 0.3) is 0 Å². The molecule has 0 aliphatic rings. The number of hydrogen-bond donors (Lipinski definition) is 2. The molecular formula is C21H12F8N4O5.